The third-order valence-electron chi connectivity index (χ3n) is 3.94. The Bertz CT molecular complexity index is 993. The Morgan fingerprint density at radius 2 is 2.04 bits per heavy atom. The van der Waals surface area contributed by atoms with Gasteiger partial charge in [0.05, 0.1) is 16.8 Å². The summed E-state index contributed by atoms with van der Waals surface area (Å²) in [5.41, 5.74) is 5.65. The number of amides is 1. The van der Waals surface area contributed by atoms with Gasteiger partial charge in [-0.2, -0.15) is 10.2 Å². The molecule has 1 amide bonds. The Labute approximate surface area is 155 Å². The summed E-state index contributed by atoms with van der Waals surface area (Å²) < 4.78 is 0. The molecule has 2 aromatic carbocycles. The van der Waals surface area contributed by atoms with E-state index in [9.17, 15) is 14.9 Å². The molecule has 0 spiro atoms. The van der Waals surface area contributed by atoms with Gasteiger partial charge in [-0.3, -0.25) is 20.0 Å². The summed E-state index contributed by atoms with van der Waals surface area (Å²) in [6.07, 6.45) is 2.51. The fourth-order valence-corrected chi connectivity index (χ4v) is 2.43. The number of aromatic amines is 1. The minimum atomic E-state index is -0.481. The van der Waals surface area contributed by atoms with Gasteiger partial charge in [-0.05, 0) is 23.6 Å². The minimum absolute atomic E-state index is 0.0415. The number of hydrogen-bond donors (Lipinski definition) is 2. The lowest BCUT2D eigenvalue weighted by molar-refractivity contribution is -0.384. The van der Waals surface area contributed by atoms with Gasteiger partial charge in [0.1, 0.15) is 5.69 Å². The monoisotopic (exact) mass is 363 g/mol. The highest BCUT2D eigenvalue weighted by Crippen LogP contribution is 2.22. The number of carbonyl (C=O) groups excluding carboxylic acids is 1. The van der Waals surface area contributed by atoms with Gasteiger partial charge in [0.15, 0.2) is 0 Å². The molecule has 1 heterocycles. The van der Waals surface area contributed by atoms with E-state index in [1.807, 2.05) is 24.3 Å². The second-order valence-electron chi connectivity index (χ2n) is 5.77. The first kappa shape index (κ1) is 18.0. The zero-order chi connectivity index (χ0) is 19.2. The van der Waals surface area contributed by atoms with Crippen molar-refractivity contribution in [3.05, 3.63) is 81.5 Å². The molecule has 2 N–H and O–H groups in total. The molecule has 1 aromatic heterocycles. The fourth-order valence-electron chi connectivity index (χ4n) is 2.43. The molecule has 8 nitrogen and oxygen atoms in total. The fraction of sp³-hybridized carbons (Fsp3) is 0.105. The van der Waals surface area contributed by atoms with E-state index < -0.39 is 10.8 Å². The van der Waals surface area contributed by atoms with E-state index in [4.69, 9.17) is 0 Å². The number of nitrogens with one attached hydrogen (secondary N) is 2. The lowest BCUT2D eigenvalue weighted by Crippen LogP contribution is -2.17. The van der Waals surface area contributed by atoms with Crippen LogP contribution in [0, 0.1) is 10.1 Å². The van der Waals surface area contributed by atoms with E-state index in [0.717, 1.165) is 12.0 Å². The van der Waals surface area contributed by atoms with Crippen LogP contribution in [0.4, 0.5) is 5.69 Å². The summed E-state index contributed by atoms with van der Waals surface area (Å²) in [5.74, 6) is -0.458. The highest BCUT2D eigenvalue weighted by atomic mass is 16.6. The van der Waals surface area contributed by atoms with Crippen molar-refractivity contribution >= 4 is 17.8 Å². The van der Waals surface area contributed by atoms with Crippen molar-refractivity contribution in [2.24, 2.45) is 5.10 Å². The van der Waals surface area contributed by atoms with Gasteiger partial charge in [0.25, 0.3) is 11.6 Å². The molecule has 3 rings (SSSR count). The molecule has 8 heteroatoms. The normalized spacial score (nSPS) is 10.9. The third-order valence-corrected chi connectivity index (χ3v) is 3.94. The molecule has 0 aliphatic rings. The second kappa shape index (κ2) is 8.05. The van der Waals surface area contributed by atoms with E-state index in [2.05, 4.69) is 27.6 Å². The van der Waals surface area contributed by atoms with Crippen LogP contribution in [0.2, 0.25) is 0 Å². The molecule has 0 saturated carbocycles. The van der Waals surface area contributed by atoms with E-state index in [1.165, 1.54) is 23.8 Å². The molecule has 0 bridgehead atoms. The number of non-ortho nitro benzene ring substituents is 1. The number of rotatable bonds is 6. The number of hydrazone groups is 1. The van der Waals surface area contributed by atoms with Gasteiger partial charge >= 0.3 is 0 Å². The number of carbonyl (C=O) groups is 1. The molecular weight excluding hydrogens is 346 g/mol. The summed E-state index contributed by atoms with van der Waals surface area (Å²) in [4.78, 5) is 22.5. The van der Waals surface area contributed by atoms with Crippen LogP contribution < -0.4 is 5.43 Å². The van der Waals surface area contributed by atoms with E-state index in [1.54, 1.807) is 18.3 Å². The number of hydrogen-bond acceptors (Lipinski definition) is 5. The van der Waals surface area contributed by atoms with Crippen LogP contribution in [-0.4, -0.2) is 27.2 Å². The summed E-state index contributed by atoms with van der Waals surface area (Å²) in [6.45, 7) is 2.08. The molecule has 0 radical (unpaired) electrons. The predicted octanol–water partition coefficient (Wildman–Crippen LogP) is 3.31. The Hall–Kier alpha value is -3.81. The highest BCUT2D eigenvalue weighted by molar-refractivity contribution is 5.94. The van der Waals surface area contributed by atoms with Crippen molar-refractivity contribution in [1.82, 2.24) is 15.6 Å². The number of benzene rings is 2. The maximum absolute atomic E-state index is 12.2. The molecule has 0 aliphatic carbocycles. The summed E-state index contributed by atoms with van der Waals surface area (Å²) >= 11 is 0. The largest absolute Gasteiger partial charge is 0.289 e. The van der Waals surface area contributed by atoms with Crippen LogP contribution in [0.25, 0.3) is 11.3 Å². The quantitative estimate of drug-likeness (QED) is 0.397. The van der Waals surface area contributed by atoms with Crippen molar-refractivity contribution < 1.29 is 9.72 Å². The maximum Gasteiger partial charge on any atom is 0.289 e. The second-order valence-corrected chi connectivity index (χ2v) is 5.77. The van der Waals surface area contributed by atoms with Crippen LogP contribution >= 0.6 is 0 Å². The number of aromatic nitrogens is 2. The van der Waals surface area contributed by atoms with Crippen molar-refractivity contribution in [1.29, 1.82) is 0 Å². The molecule has 0 atom stereocenters. The lowest BCUT2D eigenvalue weighted by Gasteiger charge is -1.98. The van der Waals surface area contributed by atoms with Gasteiger partial charge in [0.2, 0.25) is 0 Å². The molecule has 27 heavy (non-hydrogen) atoms. The number of nitro groups is 1. The van der Waals surface area contributed by atoms with Gasteiger partial charge in [-0.25, -0.2) is 5.43 Å². The maximum atomic E-state index is 12.2. The van der Waals surface area contributed by atoms with Crippen molar-refractivity contribution in [2.45, 2.75) is 13.3 Å². The van der Waals surface area contributed by atoms with Gasteiger partial charge < -0.3 is 0 Å². The number of nitro benzene ring substituents is 1. The Morgan fingerprint density at radius 1 is 1.26 bits per heavy atom. The van der Waals surface area contributed by atoms with Crippen LogP contribution in [-0.2, 0) is 6.42 Å². The average molecular weight is 363 g/mol. The summed E-state index contributed by atoms with van der Waals surface area (Å²) in [7, 11) is 0. The number of nitrogens with zero attached hydrogens (tertiary/aromatic N) is 3. The highest BCUT2D eigenvalue weighted by Gasteiger charge is 2.13. The summed E-state index contributed by atoms with van der Waals surface area (Å²) in [6, 6.07) is 15.4. The van der Waals surface area contributed by atoms with E-state index in [0.29, 0.717) is 11.3 Å². The molecular formula is C19H17N5O3. The van der Waals surface area contributed by atoms with Crippen molar-refractivity contribution in [3.8, 4) is 11.3 Å². The van der Waals surface area contributed by atoms with Crippen molar-refractivity contribution in [3.63, 3.8) is 0 Å². The molecule has 136 valence electrons. The van der Waals surface area contributed by atoms with E-state index >= 15 is 0 Å². The topological polar surface area (TPSA) is 113 Å². The zero-order valence-electron chi connectivity index (χ0n) is 14.5. The SMILES string of the molecule is CCc1ccc(/C=N\NC(=O)c2cc(-c3cccc([N+](=O)[O-])c3)n[nH]2)cc1. The third kappa shape index (κ3) is 4.43. The molecule has 0 aliphatic heterocycles. The zero-order valence-corrected chi connectivity index (χ0v) is 14.5. The van der Waals surface area contributed by atoms with E-state index in [-0.39, 0.29) is 11.4 Å². The van der Waals surface area contributed by atoms with Gasteiger partial charge in [0, 0.05) is 17.7 Å². The predicted molar refractivity (Wildman–Crippen MR) is 102 cm³/mol. The Kier molecular flexibility index (Phi) is 5.36. The number of H-pyrrole nitrogens is 1. The first-order chi connectivity index (χ1) is 13.1. The smallest absolute Gasteiger partial charge is 0.272 e. The first-order valence-corrected chi connectivity index (χ1v) is 8.29. The van der Waals surface area contributed by atoms with Gasteiger partial charge in [-0.15, -0.1) is 0 Å². The van der Waals surface area contributed by atoms with Gasteiger partial charge in [-0.1, -0.05) is 43.3 Å². The first-order valence-electron chi connectivity index (χ1n) is 8.29. The summed E-state index contributed by atoms with van der Waals surface area (Å²) in [5, 5.41) is 21.4. The van der Waals surface area contributed by atoms with Crippen LogP contribution in [0.3, 0.4) is 0 Å². The van der Waals surface area contributed by atoms with Crippen LogP contribution in [0.15, 0.2) is 59.7 Å². The van der Waals surface area contributed by atoms with Crippen molar-refractivity contribution in [2.75, 3.05) is 0 Å². The average Bonchev–Trinajstić information content (AvgIpc) is 3.19. The van der Waals surface area contributed by atoms with Crippen LogP contribution in [0.1, 0.15) is 28.5 Å². The molecule has 0 fully saturated rings. The Morgan fingerprint density at radius 3 is 2.74 bits per heavy atom. The lowest BCUT2D eigenvalue weighted by atomic mass is 10.1. The molecule has 0 unspecified atom stereocenters. The Balaban J connectivity index is 1.67. The van der Waals surface area contributed by atoms with Crippen LogP contribution in [0.5, 0.6) is 0 Å². The number of aryl methyl sites for hydroxylation is 1. The minimum Gasteiger partial charge on any atom is -0.272 e. The molecule has 3 aromatic rings. The standard InChI is InChI=1S/C19H17N5O3/c1-2-13-6-8-14(9-7-13)12-20-23-19(25)18-11-17(21-22-18)15-4-3-5-16(10-15)24(26)27/h3-12H,2H2,1H3,(H,21,22)(H,23,25)/b20-12-. The molecule has 0 saturated heterocycles.